The first-order chi connectivity index (χ1) is 13.3. The van der Waals surface area contributed by atoms with E-state index in [4.69, 9.17) is 15.2 Å². The Kier molecular flexibility index (Phi) is 4.01. The number of rotatable bonds is 5. The molecule has 2 N–H and O–H groups in total. The van der Waals surface area contributed by atoms with Gasteiger partial charge in [0.05, 0.1) is 6.54 Å². The number of hydrogen-bond acceptors (Lipinski definition) is 5. The summed E-state index contributed by atoms with van der Waals surface area (Å²) >= 11 is 0. The summed E-state index contributed by atoms with van der Waals surface area (Å²) in [5.74, 6) is -1.52. The van der Waals surface area contributed by atoms with Gasteiger partial charge in [-0.1, -0.05) is 25.1 Å². The van der Waals surface area contributed by atoms with Gasteiger partial charge in [0, 0.05) is 11.3 Å². The van der Waals surface area contributed by atoms with E-state index in [0.29, 0.717) is 24.2 Å². The Balaban J connectivity index is 1.50. The van der Waals surface area contributed by atoms with E-state index in [0.717, 1.165) is 5.56 Å². The van der Waals surface area contributed by atoms with Crippen molar-refractivity contribution in [3.63, 3.8) is 0 Å². The summed E-state index contributed by atoms with van der Waals surface area (Å²) in [4.78, 5) is 38.6. The van der Waals surface area contributed by atoms with Crippen LogP contribution in [0.25, 0.3) is 0 Å². The van der Waals surface area contributed by atoms with Crippen LogP contribution in [0.2, 0.25) is 0 Å². The minimum Gasteiger partial charge on any atom is -0.424 e. The van der Waals surface area contributed by atoms with E-state index in [1.165, 1.54) is 0 Å². The Morgan fingerprint density at radius 1 is 1.18 bits per heavy atom. The van der Waals surface area contributed by atoms with Gasteiger partial charge in [0.1, 0.15) is 11.4 Å². The van der Waals surface area contributed by atoms with Crippen molar-refractivity contribution in [3.05, 3.63) is 59.7 Å². The number of carbonyl (C=O) groups is 3. The number of epoxide rings is 1. The maximum Gasteiger partial charge on any atom is 0.356 e. The molecule has 2 aliphatic heterocycles. The van der Waals surface area contributed by atoms with Crippen molar-refractivity contribution >= 4 is 23.5 Å². The molecular weight excluding hydrogens is 360 g/mol. The molecule has 7 heteroatoms. The Hall–Kier alpha value is -3.19. The van der Waals surface area contributed by atoms with E-state index in [1.54, 1.807) is 49.1 Å². The average Bonchev–Trinajstić information content (AvgIpc) is 3.22. The fourth-order valence-electron chi connectivity index (χ4n) is 3.64. The largest absolute Gasteiger partial charge is 0.424 e. The van der Waals surface area contributed by atoms with Crippen LogP contribution >= 0.6 is 0 Å². The second-order valence-electron chi connectivity index (χ2n) is 7.16. The Labute approximate surface area is 162 Å². The summed E-state index contributed by atoms with van der Waals surface area (Å²) in [6.07, 6.45) is 0.446. The maximum atomic E-state index is 12.6. The van der Waals surface area contributed by atoms with Crippen LogP contribution in [0.15, 0.2) is 48.5 Å². The Morgan fingerprint density at radius 3 is 2.43 bits per heavy atom. The van der Waals surface area contributed by atoms with Crippen molar-refractivity contribution in [3.8, 4) is 5.75 Å². The molecule has 144 valence electrons. The van der Waals surface area contributed by atoms with Crippen LogP contribution in [0.3, 0.4) is 0 Å². The standard InChI is InChI=1S/C21H20N2O5/c1-3-20(2)21(28-20,18(22)25)19(26)27-15-10-8-14(9-11-15)23-12-13-6-4-5-7-16(13)17(23)24/h4-11H,3,12H2,1-2H3,(H2,22,25). The predicted octanol–water partition coefficient (Wildman–Crippen LogP) is 2.18. The van der Waals surface area contributed by atoms with Gasteiger partial charge in [-0.2, -0.15) is 0 Å². The van der Waals surface area contributed by atoms with Crippen LogP contribution in [-0.4, -0.2) is 29.0 Å². The molecule has 0 saturated carbocycles. The lowest BCUT2D eigenvalue weighted by Crippen LogP contribution is -2.47. The van der Waals surface area contributed by atoms with Gasteiger partial charge < -0.3 is 20.1 Å². The number of nitrogens with zero attached hydrogens (tertiary/aromatic N) is 1. The van der Waals surface area contributed by atoms with Gasteiger partial charge in [-0.3, -0.25) is 9.59 Å². The second kappa shape index (κ2) is 6.17. The van der Waals surface area contributed by atoms with Crippen molar-refractivity contribution in [2.75, 3.05) is 4.90 Å². The van der Waals surface area contributed by atoms with Gasteiger partial charge in [0.25, 0.3) is 17.4 Å². The van der Waals surface area contributed by atoms with E-state index in [1.807, 2.05) is 18.2 Å². The van der Waals surface area contributed by atoms with Gasteiger partial charge in [0.15, 0.2) is 0 Å². The van der Waals surface area contributed by atoms with Crippen molar-refractivity contribution in [2.45, 2.75) is 38.0 Å². The number of hydrogen-bond donors (Lipinski definition) is 1. The molecule has 0 spiro atoms. The lowest BCUT2D eigenvalue weighted by Gasteiger charge is -2.16. The summed E-state index contributed by atoms with van der Waals surface area (Å²) in [5.41, 5.74) is 5.02. The first-order valence-corrected chi connectivity index (χ1v) is 9.04. The lowest BCUT2D eigenvalue weighted by molar-refractivity contribution is -0.145. The zero-order valence-electron chi connectivity index (χ0n) is 15.6. The van der Waals surface area contributed by atoms with Crippen molar-refractivity contribution in [2.24, 2.45) is 5.73 Å². The molecule has 4 rings (SSSR count). The Bertz CT molecular complexity index is 987. The topological polar surface area (TPSA) is 102 Å². The highest BCUT2D eigenvalue weighted by atomic mass is 16.7. The molecule has 2 atom stereocenters. The number of benzene rings is 2. The second-order valence-corrected chi connectivity index (χ2v) is 7.16. The number of anilines is 1. The van der Waals surface area contributed by atoms with E-state index >= 15 is 0 Å². The summed E-state index contributed by atoms with van der Waals surface area (Å²) in [5, 5.41) is 0. The average molecular weight is 380 g/mol. The van der Waals surface area contributed by atoms with E-state index < -0.39 is 23.1 Å². The first-order valence-electron chi connectivity index (χ1n) is 9.04. The molecule has 2 aliphatic rings. The van der Waals surface area contributed by atoms with Crippen molar-refractivity contribution in [1.82, 2.24) is 0 Å². The molecule has 0 radical (unpaired) electrons. The van der Waals surface area contributed by atoms with E-state index in [2.05, 4.69) is 0 Å². The fourth-order valence-corrected chi connectivity index (χ4v) is 3.64. The van der Waals surface area contributed by atoms with E-state index in [-0.39, 0.29) is 11.7 Å². The molecule has 2 aromatic carbocycles. The summed E-state index contributed by atoms with van der Waals surface area (Å²) < 4.78 is 10.7. The van der Waals surface area contributed by atoms with Crippen LogP contribution < -0.4 is 15.4 Å². The molecule has 7 nitrogen and oxygen atoms in total. The molecular formula is C21H20N2O5. The highest BCUT2D eigenvalue weighted by Gasteiger charge is 2.76. The number of amides is 2. The molecule has 0 bridgehead atoms. The molecule has 2 heterocycles. The zero-order chi connectivity index (χ0) is 20.1. The predicted molar refractivity (Wildman–Crippen MR) is 101 cm³/mol. The van der Waals surface area contributed by atoms with Gasteiger partial charge in [-0.25, -0.2) is 4.79 Å². The number of esters is 1. The minimum absolute atomic E-state index is 0.0712. The van der Waals surface area contributed by atoms with Crippen molar-refractivity contribution < 1.29 is 23.9 Å². The fraction of sp³-hybridized carbons (Fsp3) is 0.286. The third-order valence-electron chi connectivity index (χ3n) is 5.57. The summed E-state index contributed by atoms with van der Waals surface area (Å²) in [7, 11) is 0. The van der Waals surface area contributed by atoms with Crippen molar-refractivity contribution in [1.29, 1.82) is 0 Å². The summed E-state index contributed by atoms with van der Waals surface area (Å²) in [6.45, 7) is 3.94. The Morgan fingerprint density at radius 2 is 1.86 bits per heavy atom. The van der Waals surface area contributed by atoms with Crippen LogP contribution in [0.5, 0.6) is 5.75 Å². The molecule has 28 heavy (non-hydrogen) atoms. The molecule has 0 aromatic heterocycles. The van der Waals surface area contributed by atoms with Gasteiger partial charge in [0.2, 0.25) is 0 Å². The SMILES string of the molecule is CCC1(C)OC1(C(N)=O)C(=O)Oc1ccc(N2Cc3ccccc3C2=O)cc1. The highest BCUT2D eigenvalue weighted by molar-refractivity contribution is 6.11. The minimum atomic E-state index is -1.76. The van der Waals surface area contributed by atoms with Crippen LogP contribution in [0.1, 0.15) is 36.2 Å². The first kappa shape index (κ1) is 18.2. The number of primary amides is 1. The molecule has 1 fully saturated rings. The third kappa shape index (κ3) is 2.51. The zero-order valence-corrected chi connectivity index (χ0v) is 15.6. The molecule has 0 aliphatic carbocycles. The molecule has 2 amide bonds. The third-order valence-corrected chi connectivity index (χ3v) is 5.57. The quantitative estimate of drug-likeness (QED) is 0.371. The molecule has 2 unspecified atom stereocenters. The van der Waals surface area contributed by atoms with Gasteiger partial charge in [-0.15, -0.1) is 0 Å². The smallest absolute Gasteiger partial charge is 0.356 e. The van der Waals surface area contributed by atoms with Crippen LogP contribution in [0.4, 0.5) is 5.69 Å². The summed E-state index contributed by atoms with van der Waals surface area (Å²) in [6, 6.07) is 14.0. The maximum absolute atomic E-state index is 12.6. The lowest BCUT2D eigenvalue weighted by atomic mass is 9.91. The number of carbonyl (C=O) groups excluding carboxylic acids is 3. The van der Waals surface area contributed by atoms with E-state index in [9.17, 15) is 14.4 Å². The monoisotopic (exact) mass is 380 g/mol. The normalized spacial score (nSPS) is 25.4. The molecule has 1 saturated heterocycles. The van der Waals surface area contributed by atoms with Gasteiger partial charge >= 0.3 is 5.97 Å². The number of nitrogens with two attached hydrogens (primary N) is 1. The van der Waals surface area contributed by atoms with Gasteiger partial charge in [-0.05, 0) is 49.2 Å². The highest BCUT2D eigenvalue weighted by Crippen LogP contribution is 2.51. The number of ether oxygens (including phenoxy) is 2. The molecule has 2 aromatic rings. The number of fused-ring (bicyclic) bond motifs is 1. The van der Waals surface area contributed by atoms with Crippen LogP contribution in [-0.2, 0) is 20.9 Å². The van der Waals surface area contributed by atoms with Crippen LogP contribution in [0, 0.1) is 0 Å².